The highest BCUT2D eigenvalue weighted by Crippen LogP contribution is 2.21. The van der Waals surface area contributed by atoms with E-state index in [9.17, 15) is 13.2 Å². The molecule has 0 rings (SSSR count). The SMILES string of the molecule is CCNC(=NCCCOC)NCCCCC(F)(F)F. The lowest BCUT2D eigenvalue weighted by Gasteiger charge is -2.11. The number of halogens is 3. The molecule has 0 saturated heterocycles. The first-order valence-electron chi connectivity index (χ1n) is 6.57. The largest absolute Gasteiger partial charge is 0.389 e. The molecule has 2 N–H and O–H groups in total. The van der Waals surface area contributed by atoms with Gasteiger partial charge in [-0.25, -0.2) is 0 Å². The van der Waals surface area contributed by atoms with Crippen LogP contribution in [-0.4, -0.2) is 45.5 Å². The summed E-state index contributed by atoms with van der Waals surface area (Å²) >= 11 is 0. The molecule has 0 aliphatic rings. The Morgan fingerprint density at radius 2 is 1.89 bits per heavy atom. The summed E-state index contributed by atoms with van der Waals surface area (Å²) in [6.45, 7) is 4.43. The first kappa shape index (κ1) is 18.0. The second-order valence-corrected chi connectivity index (χ2v) is 4.11. The minimum absolute atomic E-state index is 0.138. The highest BCUT2D eigenvalue weighted by atomic mass is 19.4. The number of guanidine groups is 1. The third-order valence-electron chi connectivity index (χ3n) is 2.30. The number of alkyl halides is 3. The third-order valence-corrected chi connectivity index (χ3v) is 2.30. The lowest BCUT2D eigenvalue weighted by Crippen LogP contribution is -2.38. The number of methoxy groups -OCH3 is 1. The van der Waals surface area contributed by atoms with Crippen LogP contribution in [0.15, 0.2) is 4.99 Å². The van der Waals surface area contributed by atoms with E-state index in [0.29, 0.717) is 32.1 Å². The zero-order valence-corrected chi connectivity index (χ0v) is 11.6. The predicted molar refractivity (Wildman–Crippen MR) is 70.4 cm³/mol. The van der Waals surface area contributed by atoms with Crippen LogP contribution in [0.3, 0.4) is 0 Å². The van der Waals surface area contributed by atoms with E-state index in [-0.39, 0.29) is 6.42 Å². The molecule has 19 heavy (non-hydrogen) atoms. The van der Waals surface area contributed by atoms with Crippen molar-refractivity contribution in [1.29, 1.82) is 0 Å². The van der Waals surface area contributed by atoms with Crippen LogP contribution in [0.1, 0.15) is 32.6 Å². The van der Waals surface area contributed by atoms with Gasteiger partial charge in [0.1, 0.15) is 0 Å². The first-order chi connectivity index (χ1) is 8.99. The Morgan fingerprint density at radius 3 is 2.47 bits per heavy atom. The van der Waals surface area contributed by atoms with Crippen LogP contribution in [0.2, 0.25) is 0 Å². The third kappa shape index (κ3) is 13.3. The summed E-state index contributed by atoms with van der Waals surface area (Å²) in [6, 6.07) is 0. The van der Waals surface area contributed by atoms with Crippen molar-refractivity contribution in [3.8, 4) is 0 Å². The molecule has 0 radical (unpaired) electrons. The normalized spacial score (nSPS) is 12.6. The molecule has 0 aliphatic carbocycles. The van der Waals surface area contributed by atoms with Gasteiger partial charge in [0.15, 0.2) is 5.96 Å². The van der Waals surface area contributed by atoms with Crippen LogP contribution in [0.4, 0.5) is 13.2 Å². The van der Waals surface area contributed by atoms with Gasteiger partial charge in [-0.05, 0) is 26.2 Å². The smallest absolute Gasteiger partial charge is 0.385 e. The molecule has 0 amide bonds. The molecule has 0 atom stereocenters. The molecule has 0 aromatic heterocycles. The van der Waals surface area contributed by atoms with E-state index in [2.05, 4.69) is 15.6 Å². The Balaban J connectivity index is 3.75. The van der Waals surface area contributed by atoms with Gasteiger partial charge in [0.2, 0.25) is 0 Å². The maximum absolute atomic E-state index is 11.9. The number of nitrogens with zero attached hydrogens (tertiary/aromatic N) is 1. The first-order valence-corrected chi connectivity index (χ1v) is 6.57. The van der Waals surface area contributed by atoms with Crippen molar-refractivity contribution in [3.63, 3.8) is 0 Å². The van der Waals surface area contributed by atoms with E-state index >= 15 is 0 Å². The van der Waals surface area contributed by atoms with Gasteiger partial charge < -0.3 is 15.4 Å². The van der Waals surface area contributed by atoms with E-state index in [1.165, 1.54) is 0 Å². The highest BCUT2D eigenvalue weighted by Gasteiger charge is 2.25. The number of hydrogen-bond acceptors (Lipinski definition) is 2. The topological polar surface area (TPSA) is 45.7 Å². The van der Waals surface area contributed by atoms with Gasteiger partial charge in [-0.15, -0.1) is 0 Å². The van der Waals surface area contributed by atoms with Gasteiger partial charge in [0.25, 0.3) is 0 Å². The van der Waals surface area contributed by atoms with Crippen molar-refractivity contribution in [3.05, 3.63) is 0 Å². The standard InChI is InChI=1S/C12H24F3N3O/c1-3-16-11(18-9-6-10-19-2)17-8-5-4-7-12(13,14)15/h3-10H2,1-2H3,(H2,16,17,18). The molecule has 0 unspecified atom stereocenters. The summed E-state index contributed by atoms with van der Waals surface area (Å²) in [5.41, 5.74) is 0. The molecule has 0 bridgehead atoms. The van der Waals surface area contributed by atoms with Crippen LogP contribution in [0, 0.1) is 0 Å². The van der Waals surface area contributed by atoms with Crippen molar-refractivity contribution < 1.29 is 17.9 Å². The van der Waals surface area contributed by atoms with E-state index in [1.54, 1.807) is 7.11 Å². The molecular formula is C12H24F3N3O. The molecule has 0 spiro atoms. The molecule has 7 heteroatoms. The number of aliphatic imine (C=N–C) groups is 1. The number of hydrogen-bond donors (Lipinski definition) is 2. The molecule has 4 nitrogen and oxygen atoms in total. The number of ether oxygens (including phenoxy) is 1. The number of nitrogens with one attached hydrogen (secondary N) is 2. The number of unbranched alkanes of at least 4 members (excludes halogenated alkanes) is 1. The van der Waals surface area contributed by atoms with Crippen LogP contribution in [0.25, 0.3) is 0 Å². The van der Waals surface area contributed by atoms with Gasteiger partial charge in [-0.1, -0.05) is 0 Å². The Bertz CT molecular complexity index is 245. The van der Waals surface area contributed by atoms with Crippen molar-refractivity contribution in [2.24, 2.45) is 4.99 Å². The zero-order chi connectivity index (χ0) is 14.6. The molecule has 114 valence electrons. The predicted octanol–water partition coefficient (Wildman–Crippen LogP) is 2.31. The second-order valence-electron chi connectivity index (χ2n) is 4.11. The van der Waals surface area contributed by atoms with E-state index in [0.717, 1.165) is 13.0 Å². The van der Waals surface area contributed by atoms with E-state index in [4.69, 9.17) is 4.74 Å². The van der Waals surface area contributed by atoms with Gasteiger partial charge >= 0.3 is 6.18 Å². The number of rotatable bonds is 9. The summed E-state index contributed by atoms with van der Waals surface area (Å²) in [6.07, 6.45) is -3.35. The van der Waals surface area contributed by atoms with E-state index in [1.807, 2.05) is 6.92 Å². The maximum Gasteiger partial charge on any atom is 0.389 e. The van der Waals surface area contributed by atoms with Crippen molar-refractivity contribution in [2.75, 3.05) is 33.4 Å². The van der Waals surface area contributed by atoms with Crippen LogP contribution in [0.5, 0.6) is 0 Å². The zero-order valence-electron chi connectivity index (χ0n) is 11.6. The van der Waals surface area contributed by atoms with Crippen molar-refractivity contribution >= 4 is 5.96 Å². The second kappa shape index (κ2) is 10.9. The fraction of sp³-hybridized carbons (Fsp3) is 0.917. The van der Waals surface area contributed by atoms with Crippen LogP contribution in [-0.2, 0) is 4.74 Å². The molecule has 0 aliphatic heterocycles. The monoisotopic (exact) mass is 283 g/mol. The minimum atomic E-state index is -4.06. The average Bonchev–Trinajstić information content (AvgIpc) is 2.32. The highest BCUT2D eigenvalue weighted by molar-refractivity contribution is 5.79. The van der Waals surface area contributed by atoms with Gasteiger partial charge in [0.05, 0.1) is 0 Å². The minimum Gasteiger partial charge on any atom is -0.385 e. The molecule has 0 saturated carbocycles. The molecule has 0 aromatic carbocycles. The van der Waals surface area contributed by atoms with Crippen LogP contribution < -0.4 is 10.6 Å². The van der Waals surface area contributed by atoms with Crippen molar-refractivity contribution in [1.82, 2.24) is 10.6 Å². The Hall–Kier alpha value is -0.980. The van der Waals surface area contributed by atoms with Gasteiger partial charge in [-0.3, -0.25) is 4.99 Å². The molecular weight excluding hydrogens is 259 g/mol. The quantitative estimate of drug-likeness (QED) is 0.388. The summed E-state index contributed by atoms with van der Waals surface area (Å²) in [5, 5.41) is 6.06. The Kier molecular flexibility index (Phi) is 10.3. The fourth-order valence-corrected chi connectivity index (χ4v) is 1.40. The van der Waals surface area contributed by atoms with Gasteiger partial charge in [0, 0.05) is 39.8 Å². The average molecular weight is 283 g/mol. The fourth-order valence-electron chi connectivity index (χ4n) is 1.40. The summed E-state index contributed by atoms with van der Waals surface area (Å²) in [7, 11) is 1.63. The Labute approximate surface area is 112 Å². The summed E-state index contributed by atoms with van der Waals surface area (Å²) < 4.78 is 40.7. The summed E-state index contributed by atoms with van der Waals surface area (Å²) in [5.74, 6) is 0.644. The van der Waals surface area contributed by atoms with Crippen LogP contribution >= 0.6 is 0 Å². The molecule has 0 heterocycles. The lowest BCUT2D eigenvalue weighted by molar-refractivity contribution is -0.135. The Morgan fingerprint density at radius 1 is 1.16 bits per heavy atom. The van der Waals surface area contributed by atoms with Gasteiger partial charge in [-0.2, -0.15) is 13.2 Å². The van der Waals surface area contributed by atoms with Crippen molar-refractivity contribution in [2.45, 2.75) is 38.8 Å². The molecule has 0 aromatic rings. The lowest BCUT2D eigenvalue weighted by atomic mass is 10.2. The van der Waals surface area contributed by atoms with E-state index < -0.39 is 12.6 Å². The maximum atomic E-state index is 11.9. The molecule has 0 fully saturated rings. The summed E-state index contributed by atoms with van der Waals surface area (Å²) in [4.78, 5) is 4.29.